The summed E-state index contributed by atoms with van der Waals surface area (Å²) in [7, 11) is -0.849. The van der Waals surface area contributed by atoms with Crippen molar-refractivity contribution in [1.29, 1.82) is 0 Å². The first-order valence-electron chi connectivity index (χ1n) is 4.89. The van der Waals surface area contributed by atoms with Gasteiger partial charge >= 0.3 is 0 Å². The summed E-state index contributed by atoms with van der Waals surface area (Å²) in [5, 5.41) is 0. The molecule has 0 aromatic heterocycles. The van der Waals surface area contributed by atoms with Crippen molar-refractivity contribution < 1.29 is 4.21 Å². The van der Waals surface area contributed by atoms with E-state index in [0.29, 0.717) is 6.54 Å². The van der Waals surface area contributed by atoms with Gasteiger partial charge in [-0.05, 0) is 38.4 Å². The molecule has 2 N–H and O–H groups in total. The lowest BCUT2D eigenvalue weighted by Gasteiger charge is -2.01. The lowest BCUT2D eigenvalue weighted by Crippen LogP contribution is -2.03. The molecule has 0 bridgehead atoms. The normalized spacial score (nSPS) is 12.7. The van der Waals surface area contributed by atoms with Crippen LogP contribution >= 0.6 is 0 Å². The molecule has 1 rings (SSSR count). The number of hydrogen-bond acceptors (Lipinski definition) is 2. The Morgan fingerprint density at radius 1 is 1.21 bits per heavy atom. The van der Waals surface area contributed by atoms with Crippen molar-refractivity contribution in [3.63, 3.8) is 0 Å². The number of unbranched alkanes of at least 4 members (excludes halogenated alkanes) is 1. The molecule has 0 spiro atoms. The first-order valence-corrected chi connectivity index (χ1v) is 6.21. The lowest BCUT2D eigenvalue weighted by atomic mass is 10.2. The number of rotatable bonds is 5. The maximum Gasteiger partial charge on any atom is 0.0529 e. The number of hydrogen-bond donors (Lipinski definition) is 1. The van der Waals surface area contributed by atoms with Gasteiger partial charge in [-0.2, -0.15) is 0 Å². The van der Waals surface area contributed by atoms with Crippen molar-refractivity contribution in [3.8, 4) is 0 Å². The molecule has 0 aliphatic carbocycles. The first-order chi connectivity index (χ1) is 6.74. The van der Waals surface area contributed by atoms with Crippen molar-refractivity contribution in [2.45, 2.75) is 24.7 Å². The molecule has 1 unspecified atom stereocenters. The molecule has 0 aliphatic rings. The zero-order valence-electron chi connectivity index (χ0n) is 8.53. The molecule has 3 heteroatoms. The van der Waals surface area contributed by atoms with E-state index in [0.717, 1.165) is 23.5 Å². The average Bonchev–Trinajstić information content (AvgIpc) is 2.19. The minimum absolute atomic E-state index is 0.686. The van der Waals surface area contributed by atoms with Crippen LogP contribution in [-0.2, 0) is 10.8 Å². The van der Waals surface area contributed by atoms with E-state index in [-0.39, 0.29) is 0 Å². The topological polar surface area (TPSA) is 43.1 Å². The molecule has 1 atom stereocenters. The highest BCUT2D eigenvalue weighted by atomic mass is 32.2. The van der Waals surface area contributed by atoms with Crippen LogP contribution in [-0.4, -0.2) is 16.5 Å². The van der Waals surface area contributed by atoms with Crippen LogP contribution in [0.1, 0.15) is 18.4 Å². The van der Waals surface area contributed by atoms with Crippen LogP contribution in [0.3, 0.4) is 0 Å². The third-order valence-electron chi connectivity index (χ3n) is 2.07. The number of benzene rings is 1. The highest BCUT2D eigenvalue weighted by molar-refractivity contribution is 7.85. The van der Waals surface area contributed by atoms with Gasteiger partial charge in [0.2, 0.25) is 0 Å². The molecule has 0 heterocycles. The van der Waals surface area contributed by atoms with Gasteiger partial charge in [0.15, 0.2) is 0 Å². The molecular weight excluding hydrogens is 194 g/mol. The molecule has 0 aliphatic heterocycles. The fraction of sp³-hybridized carbons (Fsp3) is 0.455. The summed E-state index contributed by atoms with van der Waals surface area (Å²) >= 11 is 0. The summed E-state index contributed by atoms with van der Waals surface area (Å²) in [6, 6.07) is 7.87. The van der Waals surface area contributed by atoms with Crippen LogP contribution in [0.4, 0.5) is 0 Å². The summed E-state index contributed by atoms with van der Waals surface area (Å²) in [6.07, 6.45) is 1.90. The van der Waals surface area contributed by atoms with E-state index in [1.54, 1.807) is 0 Å². The molecule has 1 aromatic rings. The van der Waals surface area contributed by atoms with Gasteiger partial charge in [-0.15, -0.1) is 0 Å². The molecule has 0 radical (unpaired) electrons. The number of aryl methyl sites for hydroxylation is 1. The Balaban J connectivity index is 2.48. The van der Waals surface area contributed by atoms with Crippen LogP contribution < -0.4 is 5.73 Å². The fourth-order valence-electron chi connectivity index (χ4n) is 1.19. The Kier molecular flexibility index (Phi) is 4.84. The van der Waals surface area contributed by atoms with Crippen LogP contribution in [0.25, 0.3) is 0 Å². The molecule has 1 aromatic carbocycles. The molecule has 0 amide bonds. The maximum absolute atomic E-state index is 11.7. The van der Waals surface area contributed by atoms with E-state index >= 15 is 0 Å². The van der Waals surface area contributed by atoms with Gasteiger partial charge in [0, 0.05) is 10.6 Å². The van der Waals surface area contributed by atoms with Gasteiger partial charge in [-0.3, -0.25) is 4.21 Å². The third kappa shape index (κ3) is 3.60. The zero-order chi connectivity index (χ0) is 10.4. The fourth-order valence-corrected chi connectivity index (χ4v) is 2.33. The van der Waals surface area contributed by atoms with Crippen LogP contribution in [0.5, 0.6) is 0 Å². The number of nitrogens with two attached hydrogens (primary N) is 1. The van der Waals surface area contributed by atoms with Crippen molar-refractivity contribution in [1.82, 2.24) is 0 Å². The van der Waals surface area contributed by atoms with E-state index in [2.05, 4.69) is 0 Å². The summed E-state index contributed by atoms with van der Waals surface area (Å²) in [4.78, 5) is 0.924. The molecule has 0 saturated heterocycles. The van der Waals surface area contributed by atoms with Crippen molar-refractivity contribution in [2.24, 2.45) is 5.73 Å². The van der Waals surface area contributed by atoms with Crippen molar-refractivity contribution in [3.05, 3.63) is 29.8 Å². The Morgan fingerprint density at radius 3 is 2.43 bits per heavy atom. The molecule has 0 saturated carbocycles. The molecule has 14 heavy (non-hydrogen) atoms. The minimum atomic E-state index is -0.849. The van der Waals surface area contributed by atoms with E-state index in [1.807, 2.05) is 31.2 Å². The van der Waals surface area contributed by atoms with Gasteiger partial charge < -0.3 is 5.73 Å². The quantitative estimate of drug-likeness (QED) is 0.755. The van der Waals surface area contributed by atoms with Crippen LogP contribution in [0.15, 0.2) is 29.2 Å². The van der Waals surface area contributed by atoms with Gasteiger partial charge in [0.1, 0.15) is 0 Å². The van der Waals surface area contributed by atoms with Crippen molar-refractivity contribution >= 4 is 10.8 Å². The first kappa shape index (κ1) is 11.4. The largest absolute Gasteiger partial charge is 0.330 e. The van der Waals surface area contributed by atoms with Gasteiger partial charge in [0.05, 0.1) is 10.8 Å². The van der Waals surface area contributed by atoms with E-state index in [4.69, 9.17) is 5.73 Å². The summed E-state index contributed by atoms with van der Waals surface area (Å²) in [6.45, 7) is 2.71. The Hall–Kier alpha value is -0.670. The highest BCUT2D eigenvalue weighted by Gasteiger charge is 2.02. The second-order valence-electron chi connectivity index (χ2n) is 3.36. The summed E-state index contributed by atoms with van der Waals surface area (Å²) < 4.78 is 11.7. The molecule has 2 nitrogen and oxygen atoms in total. The summed E-state index contributed by atoms with van der Waals surface area (Å²) in [5.41, 5.74) is 6.58. The standard InChI is InChI=1S/C11H17NOS/c1-10-4-6-11(7-5-10)14(13)9-3-2-8-12/h4-7H,2-3,8-9,12H2,1H3. The maximum atomic E-state index is 11.7. The predicted octanol–water partition coefficient (Wildman–Crippen LogP) is 1.84. The average molecular weight is 211 g/mol. The monoisotopic (exact) mass is 211 g/mol. The molecular formula is C11H17NOS. The van der Waals surface area contributed by atoms with E-state index in [1.165, 1.54) is 5.56 Å². The second-order valence-corrected chi connectivity index (χ2v) is 4.93. The predicted molar refractivity (Wildman–Crippen MR) is 60.7 cm³/mol. The van der Waals surface area contributed by atoms with Crippen molar-refractivity contribution in [2.75, 3.05) is 12.3 Å². The lowest BCUT2D eigenvalue weighted by molar-refractivity contribution is 0.678. The van der Waals surface area contributed by atoms with Gasteiger partial charge in [-0.25, -0.2) is 0 Å². The summed E-state index contributed by atoms with van der Waals surface area (Å²) in [5.74, 6) is 0.722. The zero-order valence-corrected chi connectivity index (χ0v) is 9.35. The second kappa shape index (κ2) is 5.94. The Morgan fingerprint density at radius 2 is 1.86 bits per heavy atom. The highest BCUT2D eigenvalue weighted by Crippen LogP contribution is 2.09. The van der Waals surface area contributed by atoms with E-state index < -0.39 is 10.8 Å². The molecule has 0 fully saturated rings. The minimum Gasteiger partial charge on any atom is -0.330 e. The van der Waals surface area contributed by atoms with Crippen LogP contribution in [0, 0.1) is 6.92 Å². The van der Waals surface area contributed by atoms with Gasteiger partial charge in [0.25, 0.3) is 0 Å². The third-order valence-corrected chi connectivity index (χ3v) is 3.53. The van der Waals surface area contributed by atoms with E-state index in [9.17, 15) is 4.21 Å². The Bertz CT molecular complexity index is 295. The van der Waals surface area contributed by atoms with Crippen LogP contribution in [0.2, 0.25) is 0 Å². The molecule has 78 valence electrons. The Labute approximate surface area is 88.0 Å². The van der Waals surface area contributed by atoms with Gasteiger partial charge in [-0.1, -0.05) is 17.7 Å². The smallest absolute Gasteiger partial charge is 0.0529 e. The SMILES string of the molecule is Cc1ccc(S(=O)CCCCN)cc1.